The molecule has 0 aliphatic carbocycles. The predicted molar refractivity (Wildman–Crippen MR) is 81.6 cm³/mol. The summed E-state index contributed by atoms with van der Waals surface area (Å²) >= 11 is 0. The van der Waals surface area contributed by atoms with Gasteiger partial charge in [-0.1, -0.05) is 18.2 Å². The fourth-order valence-corrected chi connectivity index (χ4v) is 2.17. The van der Waals surface area contributed by atoms with Gasteiger partial charge in [-0.2, -0.15) is 5.10 Å². The van der Waals surface area contributed by atoms with Crippen LogP contribution in [-0.2, 0) is 0 Å². The first-order valence-electron chi connectivity index (χ1n) is 6.57. The van der Waals surface area contributed by atoms with E-state index in [-0.39, 0.29) is 5.84 Å². The molecule has 0 aliphatic rings. The Balaban J connectivity index is 2.61. The Labute approximate surface area is 119 Å². The third kappa shape index (κ3) is 2.47. The molecule has 2 aromatic rings. The summed E-state index contributed by atoms with van der Waals surface area (Å²) in [7, 11) is 0. The third-order valence-electron chi connectivity index (χ3n) is 3.35. The number of aryl methyl sites for hydroxylation is 1. The molecule has 0 saturated carbocycles. The lowest BCUT2D eigenvalue weighted by Crippen LogP contribution is -2.25. The van der Waals surface area contributed by atoms with Crippen LogP contribution in [0.5, 0.6) is 0 Å². The van der Waals surface area contributed by atoms with E-state index in [4.69, 9.17) is 11.1 Å². The number of nitrogens with two attached hydrogens (primary N) is 1. The molecule has 5 nitrogen and oxygen atoms in total. The highest BCUT2D eigenvalue weighted by Gasteiger charge is 2.19. The molecule has 1 aromatic heterocycles. The second kappa shape index (κ2) is 5.69. The molecule has 1 heterocycles. The summed E-state index contributed by atoms with van der Waals surface area (Å²) in [5.74, 6) is 0.652. The van der Waals surface area contributed by atoms with Crippen molar-refractivity contribution in [3.05, 3.63) is 47.2 Å². The minimum absolute atomic E-state index is 0.0184. The maximum absolute atomic E-state index is 7.83. The maximum Gasteiger partial charge on any atom is 0.166 e. The van der Waals surface area contributed by atoms with Gasteiger partial charge in [0.2, 0.25) is 0 Å². The lowest BCUT2D eigenvalue weighted by Gasteiger charge is -2.24. The number of nitrogens with one attached hydrogen (secondary N) is 1. The average molecular weight is 269 g/mol. The second-order valence-electron chi connectivity index (χ2n) is 4.60. The van der Waals surface area contributed by atoms with Crippen molar-refractivity contribution in [3.63, 3.8) is 0 Å². The summed E-state index contributed by atoms with van der Waals surface area (Å²) in [4.78, 5) is 2.01. The SMILES string of the molecule is CCN(c1ccccc1)c1nnc(C)c(C)c1C(=N)N. The van der Waals surface area contributed by atoms with Crippen LogP contribution in [0.15, 0.2) is 30.3 Å². The summed E-state index contributed by atoms with van der Waals surface area (Å²) in [6.07, 6.45) is 0. The highest BCUT2D eigenvalue weighted by Crippen LogP contribution is 2.28. The number of nitrogens with zero attached hydrogens (tertiary/aromatic N) is 3. The van der Waals surface area contributed by atoms with Crippen molar-refractivity contribution in [2.75, 3.05) is 11.4 Å². The van der Waals surface area contributed by atoms with Crippen molar-refractivity contribution in [1.29, 1.82) is 5.41 Å². The van der Waals surface area contributed by atoms with Crippen LogP contribution in [0, 0.1) is 19.3 Å². The lowest BCUT2D eigenvalue weighted by atomic mass is 10.1. The maximum atomic E-state index is 7.83. The van der Waals surface area contributed by atoms with E-state index in [1.807, 2.05) is 56.0 Å². The summed E-state index contributed by atoms with van der Waals surface area (Å²) in [5.41, 5.74) is 9.10. The van der Waals surface area contributed by atoms with Crippen LogP contribution in [0.25, 0.3) is 0 Å². The van der Waals surface area contributed by atoms with Gasteiger partial charge in [-0.05, 0) is 38.5 Å². The van der Waals surface area contributed by atoms with Crippen molar-refractivity contribution in [1.82, 2.24) is 10.2 Å². The van der Waals surface area contributed by atoms with Gasteiger partial charge in [0.15, 0.2) is 5.82 Å². The van der Waals surface area contributed by atoms with Crippen LogP contribution < -0.4 is 10.6 Å². The van der Waals surface area contributed by atoms with Crippen LogP contribution in [0.4, 0.5) is 11.5 Å². The Morgan fingerprint density at radius 2 is 1.85 bits per heavy atom. The first-order chi connectivity index (χ1) is 9.56. The summed E-state index contributed by atoms with van der Waals surface area (Å²) in [5, 5.41) is 16.3. The molecule has 0 bridgehead atoms. The highest BCUT2D eigenvalue weighted by atomic mass is 15.3. The second-order valence-corrected chi connectivity index (χ2v) is 4.60. The number of amidine groups is 1. The fraction of sp³-hybridized carbons (Fsp3) is 0.267. The first kappa shape index (κ1) is 14.0. The number of hydrogen-bond acceptors (Lipinski definition) is 4. The molecule has 20 heavy (non-hydrogen) atoms. The number of aromatic nitrogens is 2. The van der Waals surface area contributed by atoms with E-state index in [1.165, 1.54) is 0 Å². The highest BCUT2D eigenvalue weighted by molar-refractivity contribution is 6.01. The van der Waals surface area contributed by atoms with Gasteiger partial charge in [-0.3, -0.25) is 5.41 Å². The van der Waals surface area contributed by atoms with Gasteiger partial charge in [0.1, 0.15) is 5.84 Å². The smallest absolute Gasteiger partial charge is 0.166 e. The molecule has 104 valence electrons. The fourth-order valence-electron chi connectivity index (χ4n) is 2.17. The number of nitrogen functional groups attached to an aromatic ring is 1. The Bertz CT molecular complexity index is 622. The zero-order valence-corrected chi connectivity index (χ0v) is 12.0. The van der Waals surface area contributed by atoms with Crippen LogP contribution >= 0.6 is 0 Å². The van der Waals surface area contributed by atoms with E-state index in [9.17, 15) is 0 Å². The lowest BCUT2D eigenvalue weighted by molar-refractivity contribution is 0.897. The number of rotatable bonds is 4. The Morgan fingerprint density at radius 3 is 2.40 bits per heavy atom. The number of anilines is 2. The molecule has 3 N–H and O–H groups in total. The summed E-state index contributed by atoms with van der Waals surface area (Å²) in [6.45, 7) is 6.55. The molecule has 0 saturated heterocycles. The van der Waals surface area contributed by atoms with Crippen LogP contribution in [0.1, 0.15) is 23.7 Å². The van der Waals surface area contributed by atoms with Gasteiger partial charge in [-0.25, -0.2) is 0 Å². The van der Waals surface area contributed by atoms with Gasteiger partial charge >= 0.3 is 0 Å². The van der Waals surface area contributed by atoms with Crippen molar-refractivity contribution >= 4 is 17.3 Å². The number of hydrogen-bond donors (Lipinski definition) is 2. The zero-order valence-electron chi connectivity index (χ0n) is 12.0. The summed E-state index contributed by atoms with van der Waals surface area (Å²) < 4.78 is 0. The Hall–Kier alpha value is -2.43. The monoisotopic (exact) mass is 269 g/mol. The quantitative estimate of drug-likeness (QED) is 0.660. The normalized spacial score (nSPS) is 10.3. The molecule has 0 spiro atoms. The van der Waals surface area contributed by atoms with Crippen LogP contribution in [-0.4, -0.2) is 22.6 Å². The Kier molecular flexibility index (Phi) is 3.98. The van der Waals surface area contributed by atoms with Crippen molar-refractivity contribution in [2.45, 2.75) is 20.8 Å². The zero-order chi connectivity index (χ0) is 14.7. The average Bonchev–Trinajstić information content (AvgIpc) is 2.44. The van der Waals surface area contributed by atoms with Gasteiger partial charge in [0, 0.05) is 12.2 Å². The van der Waals surface area contributed by atoms with Gasteiger partial charge in [0.25, 0.3) is 0 Å². The minimum atomic E-state index is 0.0184. The number of para-hydroxylation sites is 1. The van der Waals surface area contributed by atoms with E-state index in [2.05, 4.69) is 10.2 Å². The third-order valence-corrected chi connectivity index (χ3v) is 3.35. The van der Waals surface area contributed by atoms with E-state index in [1.54, 1.807) is 0 Å². The molecule has 0 radical (unpaired) electrons. The molecule has 5 heteroatoms. The van der Waals surface area contributed by atoms with E-state index in [0.29, 0.717) is 11.4 Å². The van der Waals surface area contributed by atoms with Crippen molar-refractivity contribution < 1.29 is 0 Å². The minimum Gasteiger partial charge on any atom is -0.384 e. The van der Waals surface area contributed by atoms with Gasteiger partial charge < -0.3 is 10.6 Å². The molecule has 1 aromatic carbocycles. The van der Waals surface area contributed by atoms with Gasteiger partial charge in [0.05, 0.1) is 11.3 Å². The van der Waals surface area contributed by atoms with Gasteiger partial charge in [-0.15, -0.1) is 5.10 Å². The standard InChI is InChI=1S/C15H19N5/c1-4-20(12-8-6-5-7-9-12)15-13(14(16)17)10(2)11(3)18-19-15/h5-9H,4H2,1-3H3,(H3,16,17). The first-order valence-corrected chi connectivity index (χ1v) is 6.57. The molecule has 0 aliphatic heterocycles. The van der Waals surface area contributed by atoms with Crippen molar-refractivity contribution in [3.8, 4) is 0 Å². The predicted octanol–water partition coefficient (Wildman–Crippen LogP) is 2.54. The topological polar surface area (TPSA) is 78.9 Å². The van der Waals surface area contributed by atoms with Crippen LogP contribution in [0.2, 0.25) is 0 Å². The molecule has 0 atom stereocenters. The molecule has 0 fully saturated rings. The molecule has 0 amide bonds. The molecule has 2 rings (SSSR count). The van der Waals surface area contributed by atoms with Crippen LogP contribution in [0.3, 0.4) is 0 Å². The summed E-state index contributed by atoms with van der Waals surface area (Å²) in [6, 6.07) is 9.92. The molecular weight excluding hydrogens is 250 g/mol. The molecule has 0 unspecified atom stereocenters. The van der Waals surface area contributed by atoms with Crippen molar-refractivity contribution in [2.24, 2.45) is 5.73 Å². The number of benzene rings is 1. The van der Waals surface area contributed by atoms with E-state index < -0.39 is 0 Å². The largest absolute Gasteiger partial charge is 0.384 e. The van der Waals surface area contributed by atoms with E-state index >= 15 is 0 Å². The molecular formula is C15H19N5. The van der Waals surface area contributed by atoms with E-state index in [0.717, 1.165) is 23.5 Å². The Morgan fingerprint density at radius 1 is 1.20 bits per heavy atom.